The molecular weight excluding hydrogens is 515 g/mol. The molecule has 0 saturated heterocycles. The number of benzene rings is 3. The van der Waals surface area contributed by atoms with Gasteiger partial charge >= 0.3 is 6.03 Å². The van der Waals surface area contributed by atoms with Crippen LogP contribution >= 0.6 is 11.3 Å². The van der Waals surface area contributed by atoms with Crippen LogP contribution in [0.5, 0.6) is 0 Å². The monoisotopic (exact) mass is 540 g/mol. The van der Waals surface area contributed by atoms with Crippen LogP contribution in [0.4, 0.5) is 20.6 Å². The molecule has 2 N–H and O–H groups in total. The van der Waals surface area contributed by atoms with Gasteiger partial charge in [-0.05, 0) is 66.8 Å². The second kappa shape index (κ2) is 11.0. The van der Waals surface area contributed by atoms with Gasteiger partial charge in [-0.25, -0.2) is 14.2 Å². The van der Waals surface area contributed by atoms with Crippen LogP contribution in [0.1, 0.15) is 38.8 Å². The van der Waals surface area contributed by atoms with E-state index in [1.54, 1.807) is 66.0 Å². The summed E-state index contributed by atoms with van der Waals surface area (Å²) in [4.78, 5) is 45.9. The SMILES string of the molecule is CC(=O)c1sccc1CN1C(=O)[C@H](NC(=O)Nc2cccc(C)c2)N=C(c2ccccc2F)c2ccccc21. The van der Waals surface area contributed by atoms with E-state index in [2.05, 4.69) is 15.6 Å². The first-order chi connectivity index (χ1) is 18.8. The molecule has 3 amide bonds. The van der Waals surface area contributed by atoms with Crippen LogP contribution in [0.2, 0.25) is 0 Å². The van der Waals surface area contributed by atoms with Gasteiger partial charge < -0.3 is 15.5 Å². The first kappa shape index (κ1) is 26.0. The Morgan fingerprint density at radius 3 is 2.49 bits per heavy atom. The summed E-state index contributed by atoms with van der Waals surface area (Å²) < 4.78 is 15.0. The Balaban J connectivity index is 1.59. The molecule has 1 aliphatic rings. The number of nitrogens with zero attached hydrogens (tertiary/aromatic N) is 2. The molecule has 1 aromatic heterocycles. The molecule has 4 aromatic rings. The Kier molecular flexibility index (Phi) is 7.33. The van der Waals surface area contributed by atoms with Gasteiger partial charge in [-0.3, -0.25) is 9.59 Å². The minimum atomic E-state index is -1.36. The number of urea groups is 1. The summed E-state index contributed by atoms with van der Waals surface area (Å²) in [6, 6.07) is 21.6. The van der Waals surface area contributed by atoms with Crippen molar-refractivity contribution >= 4 is 46.1 Å². The highest BCUT2D eigenvalue weighted by molar-refractivity contribution is 7.12. The lowest BCUT2D eigenvalue weighted by molar-refractivity contribution is -0.120. The van der Waals surface area contributed by atoms with Gasteiger partial charge in [-0.1, -0.05) is 42.5 Å². The summed E-state index contributed by atoms with van der Waals surface area (Å²) in [5.41, 5.74) is 3.64. The van der Waals surface area contributed by atoms with Crippen LogP contribution in [0.3, 0.4) is 0 Å². The molecule has 1 atom stereocenters. The number of fused-ring (bicyclic) bond motifs is 1. The number of carbonyl (C=O) groups excluding carboxylic acids is 3. The number of hydrogen-bond donors (Lipinski definition) is 2. The highest BCUT2D eigenvalue weighted by atomic mass is 32.1. The first-order valence-corrected chi connectivity index (χ1v) is 13.1. The largest absolute Gasteiger partial charge is 0.321 e. The van der Waals surface area contributed by atoms with E-state index >= 15 is 4.39 Å². The highest BCUT2D eigenvalue weighted by Gasteiger charge is 2.34. The van der Waals surface area contributed by atoms with E-state index in [-0.39, 0.29) is 23.6 Å². The Morgan fingerprint density at radius 2 is 1.74 bits per heavy atom. The molecule has 0 unspecified atom stereocenters. The Bertz CT molecular complexity index is 1610. The average molecular weight is 541 g/mol. The molecule has 39 heavy (non-hydrogen) atoms. The molecule has 0 aliphatic carbocycles. The number of carbonyl (C=O) groups is 3. The minimum Gasteiger partial charge on any atom is -0.308 e. The van der Waals surface area contributed by atoms with Crippen molar-refractivity contribution in [2.24, 2.45) is 4.99 Å². The summed E-state index contributed by atoms with van der Waals surface area (Å²) in [5.74, 6) is -1.13. The van der Waals surface area contributed by atoms with Crippen LogP contribution in [-0.2, 0) is 11.3 Å². The third-order valence-corrected chi connectivity index (χ3v) is 7.33. The maximum absolute atomic E-state index is 15.0. The molecule has 5 rings (SSSR count). The Hall–Kier alpha value is -4.63. The van der Waals surface area contributed by atoms with Crippen LogP contribution in [0, 0.1) is 12.7 Å². The average Bonchev–Trinajstić information content (AvgIpc) is 3.35. The van der Waals surface area contributed by atoms with Crippen molar-refractivity contribution in [3.8, 4) is 0 Å². The van der Waals surface area contributed by atoms with Crippen LogP contribution in [0.25, 0.3) is 0 Å². The maximum Gasteiger partial charge on any atom is 0.321 e. The zero-order chi connectivity index (χ0) is 27.5. The molecule has 2 heterocycles. The van der Waals surface area contributed by atoms with Crippen molar-refractivity contribution in [3.05, 3.63) is 117 Å². The standard InChI is InChI=1S/C30H25FN4O3S/c1-18-8-7-9-21(16-18)32-30(38)34-28-29(37)35(17-20-14-15-39-27(20)19(2)36)25-13-6-4-11-23(25)26(33-28)22-10-3-5-12-24(22)31/h3-16,28H,17H2,1-2H3,(H2,32,34,38)/t28-/m0/s1. The number of anilines is 2. The minimum absolute atomic E-state index is 0.0754. The molecular formula is C30H25FN4O3S. The number of thiophene rings is 1. The van der Waals surface area contributed by atoms with E-state index in [9.17, 15) is 14.4 Å². The van der Waals surface area contributed by atoms with E-state index in [4.69, 9.17) is 0 Å². The molecule has 0 radical (unpaired) electrons. The first-order valence-electron chi connectivity index (χ1n) is 12.3. The van der Waals surface area contributed by atoms with Gasteiger partial charge in [0.25, 0.3) is 5.91 Å². The predicted octanol–water partition coefficient (Wildman–Crippen LogP) is 5.93. The summed E-state index contributed by atoms with van der Waals surface area (Å²) in [6.07, 6.45) is -1.36. The number of Topliss-reactive ketones (excluding diaryl/α,β-unsaturated/α-hetero) is 1. The van der Waals surface area contributed by atoms with Gasteiger partial charge in [0.15, 0.2) is 5.78 Å². The van der Waals surface area contributed by atoms with Crippen molar-refractivity contribution < 1.29 is 18.8 Å². The fourth-order valence-corrected chi connectivity index (χ4v) is 5.33. The zero-order valence-electron chi connectivity index (χ0n) is 21.3. The molecule has 3 aromatic carbocycles. The molecule has 0 bridgehead atoms. The van der Waals surface area contributed by atoms with Crippen molar-refractivity contribution in [1.82, 2.24) is 5.32 Å². The van der Waals surface area contributed by atoms with Gasteiger partial charge in [0, 0.05) is 16.8 Å². The molecule has 1 aliphatic heterocycles. The van der Waals surface area contributed by atoms with Crippen molar-refractivity contribution in [2.75, 3.05) is 10.2 Å². The van der Waals surface area contributed by atoms with E-state index in [0.717, 1.165) is 5.56 Å². The number of halogens is 1. The number of rotatable bonds is 6. The van der Waals surface area contributed by atoms with E-state index in [1.807, 2.05) is 19.1 Å². The lowest BCUT2D eigenvalue weighted by atomic mass is 9.99. The number of amides is 3. The van der Waals surface area contributed by atoms with Gasteiger partial charge in [-0.15, -0.1) is 11.3 Å². The molecule has 196 valence electrons. The summed E-state index contributed by atoms with van der Waals surface area (Å²) in [7, 11) is 0. The number of para-hydroxylation sites is 1. The summed E-state index contributed by atoms with van der Waals surface area (Å²) in [6.45, 7) is 3.46. The van der Waals surface area contributed by atoms with Crippen molar-refractivity contribution in [1.29, 1.82) is 0 Å². The Morgan fingerprint density at radius 1 is 1.00 bits per heavy atom. The number of aryl methyl sites for hydroxylation is 1. The van der Waals surface area contributed by atoms with Crippen LogP contribution in [0.15, 0.2) is 89.2 Å². The number of benzodiazepines with no additional fused rings is 1. The second-order valence-electron chi connectivity index (χ2n) is 9.10. The molecule has 0 spiro atoms. The summed E-state index contributed by atoms with van der Waals surface area (Å²) >= 11 is 1.30. The zero-order valence-corrected chi connectivity index (χ0v) is 22.1. The second-order valence-corrected chi connectivity index (χ2v) is 10.0. The molecule has 9 heteroatoms. The Labute approximate surface area is 229 Å². The third kappa shape index (κ3) is 5.49. The van der Waals surface area contributed by atoms with Crippen molar-refractivity contribution in [3.63, 3.8) is 0 Å². The third-order valence-electron chi connectivity index (χ3n) is 6.28. The normalized spacial score (nSPS) is 14.7. The lowest BCUT2D eigenvalue weighted by Gasteiger charge is -2.25. The maximum atomic E-state index is 15.0. The van der Waals surface area contributed by atoms with Crippen molar-refractivity contribution in [2.45, 2.75) is 26.6 Å². The highest BCUT2D eigenvalue weighted by Crippen LogP contribution is 2.31. The van der Waals surface area contributed by atoms with E-state index in [1.165, 1.54) is 29.2 Å². The van der Waals surface area contributed by atoms with Gasteiger partial charge in [0.1, 0.15) is 5.82 Å². The molecule has 0 fully saturated rings. The number of hydrogen-bond acceptors (Lipinski definition) is 5. The van der Waals surface area contributed by atoms with Gasteiger partial charge in [0.2, 0.25) is 6.17 Å². The smallest absolute Gasteiger partial charge is 0.308 e. The molecule has 7 nitrogen and oxygen atoms in total. The predicted molar refractivity (Wildman–Crippen MR) is 151 cm³/mol. The van der Waals surface area contributed by atoms with Gasteiger partial charge in [-0.2, -0.15) is 0 Å². The number of nitrogens with one attached hydrogen (secondary N) is 2. The van der Waals surface area contributed by atoms with Crippen LogP contribution < -0.4 is 15.5 Å². The topological polar surface area (TPSA) is 90.9 Å². The number of aliphatic imine (C=N–C) groups is 1. The van der Waals surface area contributed by atoms with E-state index in [0.29, 0.717) is 27.4 Å². The van der Waals surface area contributed by atoms with E-state index < -0.39 is 23.9 Å². The summed E-state index contributed by atoms with van der Waals surface area (Å²) in [5, 5.41) is 7.20. The fraction of sp³-hybridized carbons (Fsp3) is 0.133. The molecule has 0 saturated carbocycles. The van der Waals surface area contributed by atoms with Crippen LogP contribution in [-0.4, -0.2) is 29.6 Å². The quantitative estimate of drug-likeness (QED) is 0.297. The number of ketones is 1. The lowest BCUT2D eigenvalue weighted by Crippen LogP contribution is -2.48. The fourth-order valence-electron chi connectivity index (χ4n) is 4.51. The van der Waals surface area contributed by atoms with Gasteiger partial charge in [0.05, 0.1) is 22.8 Å².